The molecule has 0 atom stereocenters. The van der Waals surface area contributed by atoms with Gasteiger partial charge in [0.1, 0.15) is 0 Å². The van der Waals surface area contributed by atoms with Crippen LogP contribution in [0.15, 0.2) is 24.3 Å². The fourth-order valence-electron chi connectivity index (χ4n) is 1.67. The van der Waals surface area contributed by atoms with Gasteiger partial charge < -0.3 is 11.1 Å². The van der Waals surface area contributed by atoms with Crippen LogP contribution in [-0.4, -0.2) is 12.1 Å². The number of unbranched alkanes of at least 4 members (excludes halogenated alkanes) is 1. The van der Waals surface area contributed by atoms with Gasteiger partial charge in [-0.05, 0) is 64.3 Å². The van der Waals surface area contributed by atoms with Crippen molar-refractivity contribution in [2.24, 2.45) is 0 Å². The van der Waals surface area contributed by atoms with E-state index in [0.29, 0.717) is 0 Å². The summed E-state index contributed by atoms with van der Waals surface area (Å²) in [5, 5.41) is 3.49. The van der Waals surface area contributed by atoms with E-state index in [4.69, 9.17) is 5.73 Å². The number of nitrogen functional groups attached to an aromatic ring is 1. The van der Waals surface area contributed by atoms with Crippen molar-refractivity contribution in [3.05, 3.63) is 29.8 Å². The van der Waals surface area contributed by atoms with E-state index in [1.807, 2.05) is 12.1 Å². The molecular weight excluding hydrogens is 196 g/mol. The molecule has 0 saturated heterocycles. The fourth-order valence-corrected chi connectivity index (χ4v) is 1.67. The van der Waals surface area contributed by atoms with Gasteiger partial charge in [-0.15, -0.1) is 0 Å². The second-order valence-electron chi connectivity index (χ2n) is 5.38. The molecule has 0 spiro atoms. The van der Waals surface area contributed by atoms with Crippen LogP contribution in [0.2, 0.25) is 0 Å². The summed E-state index contributed by atoms with van der Waals surface area (Å²) < 4.78 is 0. The topological polar surface area (TPSA) is 38.0 Å². The third-order valence-corrected chi connectivity index (χ3v) is 2.50. The van der Waals surface area contributed by atoms with Gasteiger partial charge in [-0.2, -0.15) is 0 Å². The molecule has 0 saturated carbocycles. The van der Waals surface area contributed by atoms with Crippen molar-refractivity contribution in [2.45, 2.75) is 45.6 Å². The summed E-state index contributed by atoms with van der Waals surface area (Å²) in [5.41, 5.74) is 8.18. The van der Waals surface area contributed by atoms with Gasteiger partial charge in [0.15, 0.2) is 0 Å². The Hall–Kier alpha value is -1.02. The maximum atomic E-state index is 5.73. The molecule has 2 nitrogen and oxygen atoms in total. The van der Waals surface area contributed by atoms with Crippen LogP contribution in [-0.2, 0) is 6.42 Å². The smallest absolute Gasteiger partial charge is 0.0316 e. The minimum atomic E-state index is 0.233. The summed E-state index contributed by atoms with van der Waals surface area (Å²) in [6.45, 7) is 7.69. The van der Waals surface area contributed by atoms with Gasteiger partial charge in [0.25, 0.3) is 0 Å². The molecule has 16 heavy (non-hydrogen) atoms. The summed E-state index contributed by atoms with van der Waals surface area (Å²) in [6.07, 6.45) is 3.55. The van der Waals surface area contributed by atoms with Crippen molar-refractivity contribution in [3.63, 3.8) is 0 Å². The lowest BCUT2D eigenvalue weighted by molar-refractivity contribution is 0.419. The Balaban J connectivity index is 2.17. The largest absolute Gasteiger partial charge is 0.399 e. The van der Waals surface area contributed by atoms with Crippen LogP contribution in [0.3, 0.4) is 0 Å². The zero-order valence-corrected chi connectivity index (χ0v) is 10.7. The van der Waals surface area contributed by atoms with Gasteiger partial charge >= 0.3 is 0 Å². The van der Waals surface area contributed by atoms with E-state index in [0.717, 1.165) is 18.7 Å². The first-order valence-corrected chi connectivity index (χ1v) is 6.07. The fraction of sp³-hybridized carbons (Fsp3) is 0.571. The SMILES string of the molecule is CC(C)(C)NCCCCc1cccc(N)c1. The summed E-state index contributed by atoms with van der Waals surface area (Å²) in [6, 6.07) is 8.17. The molecule has 1 rings (SSSR count). The highest BCUT2D eigenvalue weighted by Crippen LogP contribution is 2.09. The Morgan fingerprint density at radius 2 is 1.94 bits per heavy atom. The predicted molar refractivity (Wildman–Crippen MR) is 71.5 cm³/mol. The zero-order valence-electron chi connectivity index (χ0n) is 10.7. The zero-order chi connectivity index (χ0) is 12.0. The van der Waals surface area contributed by atoms with Crippen LogP contribution in [0, 0.1) is 0 Å². The summed E-state index contributed by atoms with van der Waals surface area (Å²) in [7, 11) is 0. The molecule has 90 valence electrons. The third kappa shape index (κ3) is 5.76. The molecule has 0 bridgehead atoms. The summed E-state index contributed by atoms with van der Waals surface area (Å²) in [5.74, 6) is 0. The van der Waals surface area contributed by atoms with Crippen LogP contribution in [0.4, 0.5) is 5.69 Å². The van der Waals surface area contributed by atoms with Gasteiger partial charge in [0, 0.05) is 11.2 Å². The number of aryl methyl sites for hydroxylation is 1. The maximum absolute atomic E-state index is 5.73. The van der Waals surface area contributed by atoms with Gasteiger partial charge in [-0.1, -0.05) is 12.1 Å². The second kappa shape index (κ2) is 5.90. The number of benzene rings is 1. The van der Waals surface area contributed by atoms with E-state index in [9.17, 15) is 0 Å². The van der Waals surface area contributed by atoms with Gasteiger partial charge in [0.05, 0.1) is 0 Å². The third-order valence-electron chi connectivity index (χ3n) is 2.50. The van der Waals surface area contributed by atoms with Crippen LogP contribution >= 0.6 is 0 Å². The van der Waals surface area contributed by atoms with Crippen LogP contribution in [0.1, 0.15) is 39.2 Å². The van der Waals surface area contributed by atoms with Crippen molar-refractivity contribution >= 4 is 5.69 Å². The van der Waals surface area contributed by atoms with Gasteiger partial charge in [-0.25, -0.2) is 0 Å². The Bertz CT molecular complexity index is 313. The Labute approximate surface area is 99.2 Å². The second-order valence-corrected chi connectivity index (χ2v) is 5.38. The molecule has 0 amide bonds. The van der Waals surface area contributed by atoms with E-state index in [1.54, 1.807) is 0 Å². The lowest BCUT2D eigenvalue weighted by atomic mass is 10.1. The van der Waals surface area contributed by atoms with Crippen molar-refractivity contribution in [1.82, 2.24) is 5.32 Å². The maximum Gasteiger partial charge on any atom is 0.0316 e. The number of nitrogens with two attached hydrogens (primary N) is 1. The van der Waals surface area contributed by atoms with Crippen molar-refractivity contribution in [1.29, 1.82) is 0 Å². The van der Waals surface area contributed by atoms with Gasteiger partial charge in [-0.3, -0.25) is 0 Å². The number of anilines is 1. The molecular formula is C14H24N2. The minimum Gasteiger partial charge on any atom is -0.399 e. The summed E-state index contributed by atoms with van der Waals surface area (Å²) >= 11 is 0. The van der Waals surface area contributed by atoms with E-state index in [2.05, 4.69) is 38.2 Å². The Morgan fingerprint density at radius 1 is 1.19 bits per heavy atom. The molecule has 0 radical (unpaired) electrons. The lowest BCUT2D eigenvalue weighted by Gasteiger charge is -2.20. The molecule has 1 aromatic carbocycles. The first-order valence-electron chi connectivity index (χ1n) is 6.07. The molecule has 0 aromatic heterocycles. The molecule has 0 aliphatic heterocycles. The molecule has 0 aliphatic carbocycles. The highest BCUT2D eigenvalue weighted by atomic mass is 14.9. The van der Waals surface area contributed by atoms with Crippen molar-refractivity contribution in [2.75, 3.05) is 12.3 Å². The molecule has 1 aromatic rings. The first kappa shape index (κ1) is 13.0. The standard InChI is InChI=1S/C14H24N2/c1-14(2,3)16-10-5-4-7-12-8-6-9-13(15)11-12/h6,8-9,11,16H,4-5,7,10,15H2,1-3H3. The summed E-state index contributed by atoms with van der Waals surface area (Å²) in [4.78, 5) is 0. The lowest BCUT2D eigenvalue weighted by Crippen LogP contribution is -2.36. The van der Waals surface area contributed by atoms with E-state index in [-0.39, 0.29) is 5.54 Å². The van der Waals surface area contributed by atoms with Crippen LogP contribution in [0.5, 0.6) is 0 Å². The molecule has 2 heteroatoms. The number of rotatable bonds is 5. The number of hydrogen-bond acceptors (Lipinski definition) is 2. The van der Waals surface area contributed by atoms with Gasteiger partial charge in [0.2, 0.25) is 0 Å². The predicted octanol–water partition coefficient (Wildman–Crippen LogP) is 2.98. The highest BCUT2D eigenvalue weighted by Gasteiger charge is 2.06. The minimum absolute atomic E-state index is 0.233. The first-order chi connectivity index (χ1) is 7.47. The van der Waals surface area contributed by atoms with Crippen molar-refractivity contribution in [3.8, 4) is 0 Å². The Kier molecular flexibility index (Phi) is 4.81. The molecule has 0 heterocycles. The quantitative estimate of drug-likeness (QED) is 0.591. The van der Waals surface area contributed by atoms with Crippen LogP contribution < -0.4 is 11.1 Å². The van der Waals surface area contributed by atoms with Crippen molar-refractivity contribution < 1.29 is 0 Å². The van der Waals surface area contributed by atoms with E-state index in [1.165, 1.54) is 18.4 Å². The highest BCUT2D eigenvalue weighted by molar-refractivity contribution is 5.40. The number of nitrogens with one attached hydrogen (secondary N) is 1. The Morgan fingerprint density at radius 3 is 2.56 bits per heavy atom. The number of hydrogen-bond donors (Lipinski definition) is 2. The molecule has 0 unspecified atom stereocenters. The van der Waals surface area contributed by atoms with E-state index >= 15 is 0 Å². The molecule has 0 fully saturated rings. The molecule has 0 aliphatic rings. The van der Waals surface area contributed by atoms with E-state index < -0.39 is 0 Å². The monoisotopic (exact) mass is 220 g/mol. The molecule has 3 N–H and O–H groups in total. The average molecular weight is 220 g/mol. The van der Waals surface area contributed by atoms with Crippen LogP contribution in [0.25, 0.3) is 0 Å². The average Bonchev–Trinajstić information content (AvgIpc) is 2.15. The normalized spacial score (nSPS) is 11.7.